The lowest BCUT2D eigenvalue weighted by Gasteiger charge is -2.28. The summed E-state index contributed by atoms with van der Waals surface area (Å²) in [5.41, 5.74) is 3.36. The summed E-state index contributed by atoms with van der Waals surface area (Å²) in [4.78, 5) is 20.7. The highest BCUT2D eigenvalue weighted by Crippen LogP contribution is 2.34. The number of hydrogen-bond donors (Lipinski definition) is 2. The van der Waals surface area contributed by atoms with Crippen molar-refractivity contribution in [3.8, 4) is 0 Å². The summed E-state index contributed by atoms with van der Waals surface area (Å²) in [6, 6.07) is 0.215. The molecule has 0 radical (unpaired) electrons. The lowest BCUT2D eigenvalue weighted by atomic mass is 9.84. The summed E-state index contributed by atoms with van der Waals surface area (Å²) in [6.07, 6.45) is 12.3. The van der Waals surface area contributed by atoms with Crippen molar-refractivity contribution < 1.29 is 4.79 Å². The summed E-state index contributed by atoms with van der Waals surface area (Å²) in [6.45, 7) is 7.98. The van der Waals surface area contributed by atoms with Crippen LogP contribution in [0.5, 0.6) is 0 Å². The number of nitrogens with zero attached hydrogens (tertiary/aromatic N) is 1. The van der Waals surface area contributed by atoms with Crippen LogP contribution in [0.4, 0.5) is 5.69 Å². The molecular formula is C20H29N3O. The average molecular weight is 327 g/mol. The van der Waals surface area contributed by atoms with E-state index >= 15 is 0 Å². The van der Waals surface area contributed by atoms with Crippen molar-refractivity contribution in [2.24, 2.45) is 16.8 Å². The van der Waals surface area contributed by atoms with Gasteiger partial charge in [0.05, 0.1) is 11.3 Å². The molecule has 2 saturated carbocycles. The van der Waals surface area contributed by atoms with Gasteiger partial charge in [0.1, 0.15) is 0 Å². The second kappa shape index (κ2) is 7.37. The summed E-state index contributed by atoms with van der Waals surface area (Å²) < 4.78 is 0. The fraction of sp³-hybridized carbons (Fsp3) is 0.600. The Kier molecular flexibility index (Phi) is 5.22. The van der Waals surface area contributed by atoms with Gasteiger partial charge >= 0.3 is 0 Å². The Balaban J connectivity index is 1.74. The number of rotatable bonds is 6. The number of aromatic nitrogens is 1. The highest BCUT2D eigenvalue weighted by Gasteiger charge is 2.27. The van der Waals surface area contributed by atoms with Crippen LogP contribution in [-0.2, 0) is 0 Å². The smallest absolute Gasteiger partial charge is 0.255 e. The van der Waals surface area contributed by atoms with Crippen molar-refractivity contribution in [2.45, 2.75) is 64.8 Å². The molecular weight excluding hydrogens is 298 g/mol. The molecule has 0 bridgehead atoms. The van der Waals surface area contributed by atoms with Gasteiger partial charge in [-0.1, -0.05) is 25.8 Å². The van der Waals surface area contributed by atoms with Gasteiger partial charge in [-0.15, -0.1) is 0 Å². The molecule has 1 aromatic heterocycles. The Morgan fingerprint density at radius 1 is 1.33 bits per heavy atom. The third-order valence-corrected chi connectivity index (χ3v) is 5.45. The van der Waals surface area contributed by atoms with Gasteiger partial charge in [-0.25, -0.2) is 0 Å². The molecule has 1 atom stereocenters. The van der Waals surface area contributed by atoms with Gasteiger partial charge in [0.25, 0.3) is 5.91 Å². The zero-order valence-corrected chi connectivity index (χ0v) is 14.9. The molecule has 1 heterocycles. The first-order valence-electron chi connectivity index (χ1n) is 9.30. The van der Waals surface area contributed by atoms with E-state index in [0.717, 1.165) is 17.1 Å². The van der Waals surface area contributed by atoms with Crippen molar-refractivity contribution >= 4 is 17.3 Å². The third kappa shape index (κ3) is 3.80. The average Bonchev–Trinajstić information content (AvgIpc) is 3.37. The molecule has 4 nitrogen and oxygen atoms in total. The Morgan fingerprint density at radius 2 is 2.04 bits per heavy atom. The number of aromatic amines is 1. The van der Waals surface area contributed by atoms with Crippen LogP contribution in [0.3, 0.4) is 0 Å². The van der Waals surface area contributed by atoms with Crippen molar-refractivity contribution in [1.82, 2.24) is 10.3 Å². The number of H-pyrrole nitrogens is 1. The van der Waals surface area contributed by atoms with Crippen molar-refractivity contribution in [1.29, 1.82) is 0 Å². The summed E-state index contributed by atoms with van der Waals surface area (Å²) in [5, 5.41) is 3.20. The Morgan fingerprint density at radius 3 is 2.67 bits per heavy atom. The molecule has 2 N–H and O–H groups in total. The normalized spacial score (nSPS) is 20.7. The molecule has 0 spiro atoms. The standard InChI is InChI=1S/C20H29N3O/c1-4-18(16-10-11-16)23-19-14(3)21-12-17(19)20(24)22-13(2)15-8-6-5-7-9-15/h4,12-13,15-16,21H,1,5-11H2,2-3H3,(H,22,24)/b23-18+/t13-/m1/s1. The Hall–Kier alpha value is -1.84. The van der Waals surface area contributed by atoms with E-state index in [-0.39, 0.29) is 11.9 Å². The first kappa shape index (κ1) is 17.0. The van der Waals surface area contributed by atoms with Gasteiger partial charge in [0.2, 0.25) is 0 Å². The molecule has 0 aromatic carbocycles. The summed E-state index contributed by atoms with van der Waals surface area (Å²) >= 11 is 0. The molecule has 130 valence electrons. The number of amides is 1. The largest absolute Gasteiger partial charge is 0.363 e. The van der Waals surface area contributed by atoms with Crippen LogP contribution in [-0.4, -0.2) is 22.6 Å². The predicted octanol–water partition coefficient (Wildman–Crippen LogP) is 4.69. The minimum Gasteiger partial charge on any atom is -0.363 e. The second-order valence-corrected chi connectivity index (χ2v) is 7.35. The van der Waals surface area contributed by atoms with Crippen LogP contribution >= 0.6 is 0 Å². The molecule has 2 fully saturated rings. The van der Waals surface area contributed by atoms with Gasteiger partial charge in [-0.3, -0.25) is 9.79 Å². The van der Waals surface area contributed by atoms with Crippen LogP contribution in [0.2, 0.25) is 0 Å². The van der Waals surface area contributed by atoms with Crippen molar-refractivity contribution in [2.75, 3.05) is 0 Å². The number of allylic oxidation sites excluding steroid dienone is 1. The SMILES string of the molecule is C=C/C(=N\c1c(C(=O)N[C@H](C)C2CCCCC2)c[nH]c1C)C1CC1. The molecule has 2 aliphatic rings. The van der Waals surface area contributed by atoms with E-state index in [1.807, 2.05) is 13.0 Å². The molecule has 2 aliphatic carbocycles. The van der Waals surface area contributed by atoms with E-state index in [9.17, 15) is 4.79 Å². The van der Waals surface area contributed by atoms with Crippen LogP contribution in [0, 0.1) is 18.8 Å². The fourth-order valence-electron chi connectivity index (χ4n) is 3.68. The molecule has 1 amide bonds. The minimum atomic E-state index is -0.0182. The van der Waals surface area contributed by atoms with Gasteiger partial charge in [-0.05, 0) is 51.5 Å². The van der Waals surface area contributed by atoms with Crippen LogP contribution in [0.25, 0.3) is 0 Å². The molecule has 0 unspecified atom stereocenters. The quantitative estimate of drug-likeness (QED) is 0.732. The van der Waals surface area contributed by atoms with E-state index < -0.39 is 0 Å². The highest BCUT2D eigenvalue weighted by molar-refractivity contribution is 6.04. The van der Waals surface area contributed by atoms with E-state index in [4.69, 9.17) is 4.99 Å². The fourth-order valence-corrected chi connectivity index (χ4v) is 3.68. The molecule has 1 aromatic rings. The maximum atomic E-state index is 12.8. The molecule has 3 rings (SSSR count). The Bertz CT molecular complexity index is 633. The molecule has 0 aliphatic heterocycles. The second-order valence-electron chi connectivity index (χ2n) is 7.35. The third-order valence-electron chi connectivity index (χ3n) is 5.45. The number of carbonyl (C=O) groups is 1. The van der Waals surface area contributed by atoms with E-state index in [0.29, 0.717) is 17.4 Å². The number of carbonyl (C=O) groups excluding carboxylic acids is 1. The van der Waals surface area contributed by atoms with E-state index in [2.05, 4.69) is 23.8 Å². The molecule has 0 saturated heterocycles. The Labute approximate surface area is 144 Å². The summed E-state index contributed by atoms with van der Waals surface area (Å²) in [5.74, 6) is 1.11. The summed E-state index contributed by atoms with van der Waals surface area (Å²) in [7, 11) is 0. The van der Waals surface area contributed by atoms with Crippen molar-refractivity contribution in [3.05, 3.63) is 30.1 Å². The van der Waals surface area contributed by atoms with E-state index in [1.54, 1.807) is 6.20 Å². The number of hydrogen-bond acceptors (Lipinski definition) is 2. The van der Waals surface area contributed by atoms with Crippen molar-refractivity contribution in [3.63, 3.8) is 0 Å². The molecule has 4 heteroatoms. The monoisotopic (exact) mass is 327 g/mol. The van der Waals surface area contributed by atoms with Gasteiger partial charge in [0.15, 0.2) is 0 Å². The van der Waals surface area contributed by atoms with Crippen LogP contribution in [0.1, 0.15) is 67.9 Å². The van der Waals surface area contributed by atoms with Gasteiger partial charge in [-0.2, -0.15) is 0 Å². The first-order chi connectivity index (χ1) is 11.6. The number of aliphatic imine (C=N–C) groups is 1. The maximum absolute atomic E-state index is 12.8. The number of aryl methyl sites for hydroxylation is 1. The number of nitrogens with one attached hydrogen (secondary N) is 2. The zero-order valence-electron chi connectivity index (χ0n) is 14.9. The lowest BCUT2D eigenvalue weighted by Crippen LogP contribution is -2.38. The van der Waals surface area contributed by atoms with E-state index in [1.165, 1.54) is 44.9 Å². The first-order valence-corrected chi connectivity index (χ1v) is 9.30. The van der Waals surface area contributed by atoms with Gasteiger partial charge in [0, 0.05) is 29.6 Å². The molecule has 24 heavy (non-hydrogen) atoms. The van der Waals surface area contributed by atoms with Gasteiger partial charge < -0.3 is 10.3 Å². The predicted molar refractivity (Wildman–Crippen MR) is 99.0 cm³/mol. The maximum Gasteiger partial charge on any atom is 0.255 e. The zero-order chi connectivity index (χ0) is 17.1. The lowest BCUT2D eigenvalue weighted by molar-refractivity contribution is 0.0920. The highest BCUT2D eigenvalue weighted by atomic mass is 16.1. The minimum absolute atomic E-state index is 0.0182. The van der Waals surface area contributed by atoms with Crippen LogP contribution < -0.4 is 5.32 Å². The van der Waals surface area contributed by atoms with Crippen LogP contribution in [0.15, 0.2) is 23.8 Å². The topological polar surface area (TPSA) is 57.2 Å².